The topological polar surface area (TPSA) is 99.7 Å². The first kappa shape index (κ1) is 17.1. The van der Waals surface area contributed by atoms with Crippen molar-refractivity contribution in [3.8, 4) is 6.07 Å². The second kappa shape index (κ2) is 7.90. The van der Waals surface area contributed by atoms with Crippen LogP contribution >= 0.6 is 0 Å². The molecule has 26 heavy (non-hydrogen) atoms. The molecule has 0 saturated heterocycles. The standard InChI is InChI=1S/C18H17N7O/c1-24(17-3-2-15(10-19)11-21-17)13-18(26)22-16-6-9-25(23-16)12-14-4-7-20-8-5-14/h2-9,11H,12-13H2,1H3,(H,22,23,26). The Kier molecular flexibility index (Phi) is 5.19. The minimum absolute atomic E-state index is 0.121. The molecule has 8 nitrogen and oxygen atoms in total. The number of nitrogens with one attached hydrogen (secondary N) is 1. The zero-order chi connectivity index (χ0) is 18.4. The van der Waals surface area contributed by atoms with Gasteiger partial charge in [-0.15, -0.1) is 0 Å². The fourth-order valence-corrected chi connectivity index (χ4v) is 2.35. The van der Waals surface area contributed by atoms with E-state index in [4.69, 9.17) is 5.26 Å². The van der Waals surface area contributed by atoms with Crippen molar-refractivity contribution in [3.05, 3.63) is 66.2 Å². The molecule has 0 atom stereocenters. The summed E-state index contributed by atoms with van der Waals surface area (Å²) in [5, 5.41) is 15.9. The lowest BCUT2D eigenvalue weighted by Gasteiger charge is -2.17. The zero-order valence-corrected chi connectivity index (χ0v) is 14.2. The third-order valence-corrected chi connectivity index (χ3v) is 3.65. The monoisotopic (exact) mass is 347 g/mol. The van der Waals surface area contributed by atoms with Gasteiger partial charge in [-0.1, -0.05) is 0 Å². The van der Waals surface area contributed by atoms with Crippen molar-refractivity contribution >= 4 is 17.5 Å². The van der Waals surface area contributed by atoms with Crippen LogP contribution in [0.5, 0.6) is 0 Å². The molecule has 0 aliphatic heterocycles. The minimum atomic E-state index is -0.201. The Hall–Kier alpha value is -3.73. The number of rotatable bonds is 6. The normalized spacial score (nSPS) is 10.2. The number of aromatic nitrogens is 4. The number of hydrogen-bond donors (Lipinski definition) is 1. The predicted octanol–water partition coefficient (Wildman–Crippen LogP) is 1.67. The Bertz CT molecular complexity index is 913. The Morgan fingerprint density at radius 1 is 1.27 bits per heavy atom. The van der Waals surface area contributed by atoms with Crippen molar-refractivity contribution in [1.29, 1.82) is 5.26 Å². The number of likely N-dealkylation sites (N-methyl/N-ethyl adjacent to an activating group) is 1. The van der Waals surface area contributed by atoms with E-state index in [1.807, 2.05) is 24.4 Å². The number of nitriles is 1. The lowest BCUT2D eigenvalue weighted by atomic mass is 10.3. The molecule has 130 valence electrons. The Labute approximate surface area is 150 Å². The summed E-state index contributed by atoms with van der Waals surface area (Å²) in [6, 6.07) is 11.0. The summed E-state index contributed by atoms with van der Waals surface area (Å²) >= 11 is 0. The molecular formula is C18H17N7O. The molecule has 0 aliphatic carbocycles. The number of nitrogens with zero attached hydrogens (tertiary/aromatic N) is 6. The molecule has 3 rings (SSSR count). The van der Waals surface area contributed by atoms with E-state index in [2.05, 4.69) is 20.4 Å². The highest BCUT2D eigenvalue weighted by Crippen LogP contribution is 2.10. The second-order valence-electron chi connectivity index (χ2n) is 5.68. The Morgan fingerprint density at radius 3 is 2.77 bits per heavy atom. The maximum atomic E-state index is 12.2. The van der Waals surface area contributed by atoms with Gasteiger partial charge in [-0.2, -0.15) is 10.4 Å². The maximum absolute atomic E-state index is 12.2. The second-order valence-corrected chi connectivity index (χ2v) is 5.68. The van der Waals surface area contributed by atoms with Crippen LogP contribution in [0.4, 0.5) is 11.6 Å². The van der Waals surface area contributed by atoms with Gasteiger partial charge >= 0.3 is 0 Å². The first-order valence-electron chi connectivity index (χ1n) is 7.93. The van der Waals surface area contributed by atoms with Crippen LogP contribution in [0.2, 0.25) is 0 Å². The van der Waals surface area contributed by atoms with Crippen LogP contribution in [0.25, 0.3) is 0 Å². The third-order valence-electron chi connectivity index (χ3n) is 3.65. The van der Waals surface area contributed by atoms with E-state index in [9.17, 15) is 4.79 Å². The molecule has 0 aromatic carbocycles. The number of carbonyl (C=O) groups is 1. The fourth-order valence-electron chi connectivity index (χ4n) is 2.35. The lowest BCUT2D eigenvalue weighted by Crippen LogP contribution is -2.30. The van der Waals surface area contributed by atoms with Crippen molar-refractivity contribution in [2.45, 2.75) is 6.54 Å². The SMILES string of the molecule is CN(CC(=O)Nc1ccn(Cc2ccncc2)n1)c1ccc(C#N)cn1. The minimum Gasteiger partial charge on any atom is -0.350 e. The largest absolute Gasteiger partial charge is 0.350 e. The highest BCUT2D eigenvalue weighted by Gasteiger charge is 2.10. The van der Waals surface area contributed by atoms with Crippen LogP contribution in [-0.2, 0) is 11.3 Å². The molecular weight excluding hydrogens is 330 g/mol. The van der Waals surface area contributed by atoms with Gasteiger partial charge in [0, 0.05) is 37.9 Å². The summed E-state index contributed by atoms with van der Waals surface area (Å²) in [7, 11) is 1.76. The van der Waals surface area contributed by atoms with Crippen LogP contribution in [0.1, 0.15) is 11.1 Å². The maximum Gasteiger partial charge on any atom is 0.245 e. The molecule has 3 aromatic heterocycles. The smallest absolute Gasteiger partial charge is 0.245 e. The van der Waals surface area contributed by atoms with Crippen molar-refractivity contribution < 1.29 is 4.79 Å². The molecule has 1 amide bonds. The van der Waals surface area contributed by atoms with Gasteiger partial charge in [0.15, 0.2) is 5.82 Å². The number of carbonyl (C=O) groups excluding carboxylic acids is 1. The first-order valence-corrected chi connectivity index (χ1v) is 7.93. The molecule has 0 aliphatic rings. The van der Waals surface area contributed by atoms with Gasteiger partial charge in [0.1, 0.15) is 11.9 Å². The average molecular weight is 347 g/mol. The van der Waals surface area contributed by atoms with Gasteiger partial charge in [0.25, 0.3) is 0 Å². The van der Waals surface area contributed by atoms with Crippen LogP contribution in [0, 0.1) is 11.3 Å². The highest BCUT2D eigenvalue weighted by atomic mass is 16.2. The van der Waals surface area contributed by atoms with Gasteiger partial charge in [0.2, 0.25) is 5.91 Å². The summed E-state index contributed by atoms with van der Waals surface area (Å²) in [5.74, 6) is 0.903. The summed E-state index contributed by atoms with van der Waals surface area (Å²) in [4.78, 5) is 22.0. The molecule has 3 aromatic rings. The van der Waals surface area contributed by atoms with Crippen molar-refractivity contribution in [2.24, 2.45) is 0 Å². The summed E-state index contributed by atoms with van der Waals surface area (Å²) in [6.07, 6.45) is 6.75. The molecule has 8 heteroatoms. The van der Waals surface area contributed by atoms with E-state index in [1.165, 1.54) is 6.20 Å². The van der Waals surface area contributed by atoms with Crippen molar-refractivity contribution in [3.63, 3.8) is 0 Å². The van der Waals surface area contributed by atoms with E-state index < -0.39 is 0 Å². The van der Waals surface area contributed by atoms with Gasteiger partial charge in [-0.3, -0.25) is 14.5 Å². The highest BCUT2D eigenvalue weighted by molar-refractivity contribution is 5.93. The van der Waals surface area contributed by atoms with Crippen molar-refractivity contribution in [2.75, 3.05) is 23.8 Å². The van der Waals surface area contributed by atoms with Gasteiger partial charge in [-0.25, -0.2) is 4.98 Å². The van der Waals surface area contributed by atoms with Gasteiger partial charge in [0.05, 0.1) is 18.7 Å². The zero-order valence-electron chi connectivity index (χ0n) is 14.2. The predicted molar refractivity (Wildman–Crippen MR) is 96.4 cm³/mol. The number of pyridine rings is 2. The quantitative estimate of drug-likeness (QED) is 0.728. The Morgan fingerprint density at radius 2 is 2.08 bits per heavy atom. The van der Waals surface area contributed by atoms with Crippen LogP contribution in [0.15, 0.2) is 55.1 Å². The van der Waals surface area contributed by atoms with Crippen LogP contribution < -0.4 is 10.2 Å². The van der Waals surface area contributed by atoms with Crippen LogP contribution in [-0.4, -0.2) is 39.2 Å². The van der Waals surface area contributed by atoms with E-state index >= 15 is 0 Å². The lowest BCUT2D eigenvalue weighted by molar-refractivity contribution is -0.114. The Balaban J connectivity index is 1.55. The molecule has 0 saturated carbocycles. The molecule has 0 unspecified atom stereocenters. The van der Waals surface area contributed by atoms with E-state index in [1.54, 1.807) is 47.2 Å². The molecule has 1 N–H and O–H groups in total. The van der Waals surface area contributed by atoms with Crippen molar-refractivity contribution in [1.82, 2.24) is 19.7 Å². The summed E-state index contributed by atoms with van der Waals surface area (Å²) < 4.78 is 1.75. The number of hydrogen-bond acceptors (Lipinski definition) is 6. The van der Waals surface area contributed by atoms with E-state index in [0.717, 1.165) is 5.56 Å². The molecule has 0 fully saturated rings. The van der Waals surface area contributed by atoms with Gasteiger partial charge in [-0.05, 0) is 29.8 Å². The molecule has 0 radical (unpaired) electrons. The van der Waals surface area contributed by atoms with Crippen LogP contribution in [0.3, 0.4) is 0 Å². The van der Waals surface area contributed by atoms with E-state index in [-0.39, 0.29) is 12.5 Å². The average Bonchev–Trinajstić information content (AvgIpc) is 3.09. The number of anilines is 2. The fraction of sp³-hybridized carbons (Fsp3) is 0.167. The van der Waals surface area contributed by atoms with Gasteiger partial charge < -0.3 is 10.2 Å². The summed E-state index contributed by atoms with van der Waals surface area (Å²) in [6.45, 7) is 0.726. The molecule has 0 spiro atoms. The summed E-state index contributed by atoms with van der Waals surface area (Å²) in [5.41, 5.74) is 1.55. The molecule has 3 heterocycles. The third kappa shape index (κ3) is 4.42. The van der Waals surface area contributed by atoms with E-state index in [0.29, 0.717) is 23.7 Å². The molecule has 0 bridgehead atoms. The first-order chi connectivity index (χ1) is 12.6. The number of amides is 1.